The van der Waals surface area contributed by atoms with Crippen molar-refractivity contribution in [3.05, 3.63) is 22.4 Å². The SMILES string of the molecule is CC(C)(C(=O)N(O)CCc1cccs1)C(F)(F)F. The van der Waals surface area contributed by atoms with E-state index in [4.69, 9.17) is 0 Å². The summed E-state index contributed by atoms with van der Waals surface area (Å²) in [5.74, 6) is -1.34. The van der Waals surface area contributed by atoms with Crippen LogP contribution in [0.4, 0.5) is 13.2 Å². The second-order valence-corrected chi connectivity index (χ2v) is 5.41. The molecular formula is C11H14F3NO2S. The van der Waals surface area contributed by atoms with Crippen molar-refractivity contribution in [2.24, 2.45) is 5.41 Å². The molecule has 1 amide bonds. The zero-order valence-electron chi connectivity index (χ0n) is 9.99. The third-order valence-electron chi connectivity index (χ3n) is 2.63. The van der Waals surface area contributed by atoms with E-state index in [1.165, 1.54) is 11.3 Å². The minimum absolute atomic E-state index is 0.146. The van der Waals surface area contributed by atoms with Crippen LogP contribution in [0.2, 0.25) is 0 Å². The molecule has 0 radical (unpaired) electrons. The number of thiophene rings is 1. The molecule has 1 aromatic rings. The van der Waals surface area contributed by atoms with Crippen LogP contribution in [0.1, 0.15) is 18.7 Å². The third kappa shape index (κ3) is 3.23. The number of halogens is 3. The third-order valence-corrected chi connectivity index (χ3v) is 3.56. The van der Waals surface area contributed by atoms with Crippen molar-refractivity contribution in [3.8, 4) is 0 Å². The Balaban J connectivity index is 2.61. The Morgan fingerprint density at radius 3 is 2.50 bits per heavy atom. The van der Waals surface area contributed by atoms with Gasteiger partial charge in [-0.2, -0.15) is 13.2 Å². The largest absolute Gasteiger partial charge is 0.402 e. The Kier molecular flexibility index (Phi) is 4.39. The van der Waals surface area contributed by atoms with E-state index in [9.17, 15) is 23.2 Å². The van der Waals surface area contributed by atoms with E-state index in [-0.39, 0.29) is 11.6 Å². The number of nitrogens with zero attached hydrogens (tertiary/aromatic N) is 1. The molecule has 0 fully saturated rings. The van der Waals surface area contributed by atoms with Crippen LogP contribution in [-0.2, 0) is 11.2 Å². The van der Waals surface area contributed by atoms with E-state index in [1.807, 2.05) is 5.38 Å². The lowest BCUT2D eigenvalue weighted by molar-refractivity contribution is -0.233. The summed E-state index contributed by atoms with van der Waals surface area (Å²) in [7, 11) is 0. The molecule has 1 heterocycles. The van der Waals surface area contributed by atoms with E-state index >= 15 is 0 Å². The van der Waals surface area contributed by atoms with Gasteiger partial charge in [0.05, 0.1) is 6.54 Å². The molecule has 0 aromatic carbocycles. The molecule has 0 aliphatic rings. The van der Waals surface area contributed by atoms with E-state index in [2.05, 4.69) is 0 Å². The molecule has 7 heteroatoms. The zero-order chi connectivity index (χ0) is 14.0. The molecule has 3 nitrogen and oxygen atoms in total. The molecule has 0 saturated heterocycles. The van der Waals surface area contributed by atoms with Gasteiger partial charge in [0.2, 0.25) is 0 Å². The van der Waals surface area contributed by atoms with Gasteiger partial charge < -0.3 is 0 Å². The van der Waals surface area contributed by atoms with Crippen molar-refractivity contribution >= 4 is 17.2 Å². The van der Waals surface area contributed by atoms with Gasteiger partial charge >= 0.3 is 6.18 Å². The van der Waals surface area contributed by atoms with Crippen LogP contribution in [0, 0.1) is 5.41 Å². The van der Waals surface area contributed by atoms with Crippen molar-refractivity contribution in [2.45, 2.75) is 26.4 Å². The van der Waals surface area contributed by atoms with Crippen molar-refractivity contribution in [3.63, 3.8) is 0 Å². The fourth-order valence-electron chi connectivity index (χ4n) is 1.22. The lowest BCUT2D eigenvalue weighted by Gasteiger charge is -2.29. The highest BCUT2D eigenvalue weighted by Crippen LogP contribution is 2.38. The van der Waals surface area contributed by atoms with Crippen LogP contribution in [-0.4, -0.2) is 28.9 Å². The summed E-state index contributed by atoms with van der Waals surface area (Å²) in [6.07, 6.45) is -4.36. The number of rotatable bonds is 4. The van der Waals surface area contributed by atoms with Gasteiger partial charge in [-0.1, -0.05) is 6.07 Å². The summed E-state index contributed by atoms with van der Waals surface area (Å²) < 4.78 is 37.8. The number of hydrogen-bond donors (Lipinski definition) is 1. The van der Waals surface area contributed by atoms with Gasteiger partial charge in [-0.05, 0) is 25.3 Å². The number of carbonyl (C=O) groups is 1. The number of alkyl halides is 3. The van der Waals surface area contributed by atoms with Crippen LogP contribution in [0.3, 0.4) is 0 Å². The Hall–Kier alpha value is -1.08. The molecular weight excluding hydrogens is 267 g/mol. The summed E-state index contributed by atoms with van der Waals surface area (Å²) in [5, 5.41) is 11.4. The molecule has 18 heavy (non-hydrogen) atoms. The van der Waals surface area contributed by atoms with Gasteiger partial charge in [0.25, 0.3) is 5.91 Å². The summed E-state index contributed by atoms with van der Waals surface area (Å²) >= 11 is 1.42. The van der Waals surface area contributed by atoms with Crippen molar-refractivity contribution in [2.75, 3.05) is 6.54 Å². The predicted octanol–water partition coefficient (Wildman–Crippen LogP) is 3.10. The first-order valence-electron chi connectivity index (χ1n) is 5.26. The van der Waals surface area contributed by atoms with Crippen LogP contribution >= 0.6 is 11.3 Å². The number of hydroxylamine groups is 2. The van der Waals surface area contributed by atoms with E-state index in [0.29, 0.717) is 6.42 Å². The highest BCUT2D eigenvalue weighted by Gasteiger charge is 2.54. The fraction of sp³-hybridized carbons (Fsp3) is 0.545. The summed E-state index contributed by atoms with van der Waals surface area (Å²) in [4.78, 5) is 12.4. The van der Waals surface area contributed by atoms with E-state index in [1.54, 1.807) is 12.1 Å². The minimum atomic E-state index is -4.69. The van der Waals surface area contributed by atoms with E-state index in [0.717, 1.165) is 18.7 Å². The Bertz CT molecular complexity index is 401. The summed E-state index contributed by atoms with van der Waals surface area (Å²) in [6.45, 7) is 1.35. The van der Waals surface area contributed by atoms with E-state index < -0.39 is 17.5 Å². The fourth-order valence-corrected chi connectivity index (χ4v) is 1.91. The Labute approximate surface area is 107 Å². The zero-order valence-corrected chi connectivity index (χ0v) is 10.8. The molecule has 0 aliphatic carbocycles. The lowest BCUT2D eigenvalue weighted by Crippen LogP contribution is -2.48. The van der Waals surface area contributed by atoms with Gasteiger partial charge in [-0.3, -0.25) is 10.0 Å². The molecule has 0 atom stereocenters. The maximum Gasteiger partial charge on any atom is 0.402 e. The standard InChI is InChI=1S/C11H14F3NO2S/c1-10(2,11(12,13)14)9(16)15(17)6-5-8-4-3-7-18-8/h3-4,7,17H,5-6H2,1-2H3. The topological polar surface area (TPSA) is 40.5 Å². The maximum absolute atomic E-state index is 12.6. The molecule has 102 valence electrons. The summed E-state index contributed by atoms with van der Waals surface area (Å²) in [6, 6.07) is 3.58. The van der Waals surface area contributed by atoms with Gasteiger partial charge in [-0.15, -0.1) is 11.3 Å². The van der Waals surface area contributed by atoms with Crippen molar-refractivity contribution in [1.82, 2.24) is 5.06 Å². The van der Waals surface area contributed by atoms with Crippen LogP contribution in [0.25, 0.3) is 0 Å². The first kappa shape index (κ1) is 15.0. The molecule has 1 aromatic heterocycles. The highest BCUT2D eigenvalue weighted by molar-refractivity contribution is 7.09. The quantitative estimate of drug-likeness (QED) is 0.680. The number of amides is 1. The molecule has 0 spiro atoms. The second-order valence-electron chi connectivity index (χ2n) is 4.38. The van der Waals surface area contributed by atoms with Crippen LogP contribution in [0.15, 0.2) is 17.5 Å². The Morgan fingerprint density at radius 2 is 2.06 bits per heavy atom. The highest BCUT2D eigenvalue weighted by atomic mass is 32.1. The van der Waals surface area contributed by atoms with Crippen LogP contribution < -0.4 is 0 Å². The van der Waals surface area contributed by atoms with Gasteiger partial charge in [-0.25, -0.2) is 5.06 Å². The molecule has 0 saturated carbocycles. The molecule has 0 unspecified atom stereocenters. The molecule has 1 rings (SSSR count). The monoisotopic (exact) mass is 281 g/mol. The number of hydrogen-bond acceptors (Lipinski definition) is 3. The molecule has 0 aliphatic heterocycles. The van der Waals surface area contributed by atoms with Crippen LogP contribution in [0.5, 0.6) is 0 Å². The Morgan fingerprint density at radius 1 is 1.44 bits per heavy atom. The average Bonchev–Trinajstić information content (AvgIpc) is 2.75. The summed E-state index contributed by atoms with van der Waals surface area (Å²) in [5.41, 5.74) is -2.59. The maximum atomic E-state index is 12.6. The average molecular weight is 281 g/mol. The predicted molar refractivity (Wildman–Crippen MR) is 61.4 cm³/mol. The van der Waals surface area contributed by atoms with Gasteiger partial charge in [0.1, 0.15) is 5.41 Å². The second kappa shape index (κ2) is 5.27. The first-order chi connectivity index (χ1) is 8.16. The molecule has 0 bridgehead atoms. The van der Waals surface area contributed by atoms with Crippen molar-refractivity contribution < 1.29 is 23.2 Å². The number of carbonyl (C=O) groups excluding carboxylic acids is 1. The minimum Gasteiger partial charge on any atom is -0.286 e. The lowest BCUT2D eigenvalue weighted by atomic mass is 9.91. The van der Waals surface area contributed by atoms with Crippen molar-refractivity contribution in [1.29, 1.82) is 0 Å². The van der Waals surface area contributed by atoms with Gasteiger partial charge in [0.15, 0.2) is 0 Å². The molecule has 1 N–H and O–H groups in total. The smallest absolute Gasteiger partial charge is 0.286 e. The van der Waals surface area contributed by atoms with Gasteiger partial charge in [0, 0.05) is 11.3 Å². The first-order valence-corrected chi connectivity index (χ1v) is 6.14. The normalized spacial score (nSPS) is 12.6.